The molecule has 0 fully saturated rings. The molecule has 1 atom stereocenters. The van der Waals surface area contributed by atoms with Crippen molar-refractivity contribution in [3.05, 3.63) is 60.3 Å². The highest BCUT2D eigenvalue weighted by Crippen LogP contribution is 2.31. The van der Waals surface area contributed by atoms with Crippen molar-refractivity contribution in [2.45, 2.75) is 17.5 Å². The third-order valence-electron chi connectivity index (χ3n) is 4.17. The molecular formula is C19H17N3O2S. The zero-order valence-corrected chi connectivity index (χ0v) is 14.3. The third kappa shape index (κ3) is 3.44. The van der Waals surface area contributed by atoms with Gasteiger partial charge in [-0.15, -0.1) is 5.10 Å². The van der Waals surface area contributed by atoms with Crippen molar-refractivity contribution in [3.63, 3.8) is 0 Å². The monoisotopic (exact) mass is 351 g/mol. The molecule has 0 spiro atoms. The molecular weight excluding hydrogens is 334 g/mol. The van der Waals surface area contributed by atoms with Gasteiger partial charge < -0.3 is 10.1 Å². The topological polar surface area (TPSA) is 64.1 Å². The fourth-order valence-electron chi connectivity index (χ4n) is 2.97. The van der Waals surface area contributed by atoms with E-state index in [1.807, 2.05) is 48.5 Å². The molecule has 126 valence electrons. The second kappa shape index (κ2) is 7.11. The first-order chi connectivity index (χ1) is 12.3. The first kappa shape index (κ1) is 15.9. The minimum absolute atomic E-state index is 0.00310. The Morgan fingerprint density at radius 1 is 1.20 bits per heavy atom. The van der Waals surface area contributed by atoms with Gasteiger partial charge in [-0.3, -0.25) is 4.79 Å². The van der Waals surface area contributed by atoms with Crippen LogP contribution in [0.15, 0.2) is 59.8 Å². The van der Waals surface area contributed by atoms with Crippen LogP contribution in [-0.2, 0) is 4.79 Å². The highest BCUT2D eigenvalue weighted by atomic mass is 32.2. The van der Waals surface area contributed by atoms with Gasteiger partial charge in [0.1, 0.15) is 10.8 Å². The van der Waals surface area contributed by atoms with E-state index in [-0.39, 0.29) is 11.9 Å². The molecule has 25 heavy (non-hydrogen) atoms. The Morgan fingerprint density at radius 2 is 2.04 bits per heavy atom. The SMILES string of the molecule is O=C(CSc1nncc2ccccc12)NC1CCOc2ccccc21. The van der Waals surface area contributed by atoms with Crippen molar-refractivity contribution in [1.82, 2.24) is 15.5 Å². The molecule has 0 radical (unpaired) electrons. The van der Waals surface area contributed by atoms with Crippen molar-refractivity contribution >= 4 is 28.4 Å². The Bertz CT molecular complexity index is 911. The Hall–Kier alpha value is -2.60. The summed E-state index contributed by atoms with van der Waals surface area (Å²) in [6.45, 7) is 0.615. The Balaban J connectivity index is 1.43. The zero-order valence-electron chi connectivity index (χ0n) is 13.5. The molecule has 1 N–H and O–H groups in total. The van der Waals surface area contributed by atoms with E-state index in [9.17, 15) is 4.79 Å². The van der Waals surface area contributed by atoms with Gasteiger partial charge in [0.15, 0.2) is 0 Å². The summed E-state index contributed by atoms with van der Waals surface area (Å²) in [5.41, 5.74) is 1.04. The molecule has 0 saturated carbocycles. The van der Waals surface area contributed by atoms with Gasteiger partial charge in [0.2, 0.25) is 5.91 Å². The van der Waals surface area contributed by atoms with Gasteiger partial charge >= 0.3 is 0 Å². The molecule has 4 rings (SSSR count). The molecule has 1 aliphatic heterocycles. The third-order valence-corrected chi connectivity index (χ3v) is 5.15. The summed E-state index contributed by atoms with van der Waals surface area (Å²) in [4.78, 5) is 12.4. The lowest BCUT2D eigenvalue weighted by atomic mass is 10.0. The standard InChI is InChI=1S/C19H17N3O2S/c23-18(21-16-9-10-24-17-8-4-3-7-15(16)17)12-25-19-14-6-2-1-5-13(14)11-20-22-19/h1-8,11,16H,9-10,12H2,(H,21,23). The average Bonchev–Trinajstić information content (AvgIpc) is 2.66. The predicted octanol–water partition coefficient (Wildman–Crippen LogP) is 3.36. The van der Waals surface area contributed by atoms with Crippen LogP contribution in [0.1, 0.15) is 18.0 Å². The first-order valence-electron chi connectivity index (χ1n) is 8.15. The molecule has 6 heteroatoms. The lowest BCUT2D eigenvalue weighted by Gasteiger charge is -2.26. The van der Waals surface area contributed by atoms with Gasteiger partial charge in [-0.1, -0.05) is 54.2 Å². The number of para-hydroxylation sites is 1. The van der Waals surface area contributed by atoms with Crippen LogP contribution in [0.5, 0.6) is 5.75 Å². The summed E-state index contributed by atoms with van der Waals surface area (Å²) in [5, 5.41) is 14.1. The first-order valence-corrected chi connectivity index (χ1v) is 9.14. The smallest absolute Gasteiger partial charge is 0.230 e. The van der Waals surface area contributed by atoms with E-state index in [1.165, 1.54) is 11.8 Å². The van der Waals surface area contributed by atoms with Gasteiger partial charge in [-0.2, -0.15) is 5.10 Å². The summed E-state index contributed by atoms with van der Waals surface area (Å²) >= 11 is 1.41. The maximum Gasteiger partial charge on any atom is 0.230 e. The van der Waals surface area contributed by atoms with Crippen LogP contribution in [0.25, 0.3) is 10.8 Å². The second-order valence-electron chi connectivity index (χ2n) is 5.82. The van der Waals surface area contributed by atoms with Crippen molar-refractivity contribution in [1.29, 1.82) is 0 Å². The van der Waals surface area contributed by atoms with Crippen LogP contribution in [-0.4, -0.2) is 28.5 Å². The molecule has 5 nitrogen and oxygen atoms in total. The van der Waals surface area contributed by atoms with Gasteiger partial charge in [-0.05, 0) is 6.07 Å². The Morgan fingerprint density at radius 3 is 3.00 bits per heavy atom. The Kier molecular flexibility index (Phi) is 4.52. The molecule has 0 bridgehead atoms. The van der Waals surface area contributed by atoms with E-state index in [0.717, 1.165) is 33.5 Å². The number of nitrogens with one attached hydrogen (secondary N) is 1. The van der Waals surface area contributed by atoms with Gasteiger partial charge in [0, 0.05) is 22.8 Å². The number of amides is 1. The predicted molar refractivity (Wildman–Crippen MR) is 97.7 cm³/mol. The summed E-state index contributed by atoms with van der Waals surface area (Å²) in [7, 11) is 0. The van der Waals surface area contributed by atoms with E-state index >= 15 is 0 Å². The number of thioether (sulfide) groups is 1. The van der Waals surface area contributed by atoms with Crippen LogP contribution in [0, 0.1) is 0 Å². The van der Waals surface area contributed by atoms with Gasteiger partial charge in [-0.25, -0.2) is 0 Å². The highest BCUT2D eigenvalue weighted by Gasteiger charge is 2.22. The van der Waals surface area contributed by atoms with E-state index in [4.69, 9.17) is 4.74 Å². The second-order valence-corrected chi connectivity index (χ2v) is 6.78. The summed E-state index contributed by atoms with van der Waals surface area (Å²) in [6, 6.07) is 15.8. The number of aromatic nitrogens is 2. The van der Waals surface area contributed by atoms with E-state index in [0.29, 0.717) is 12.4 Å². The number of carbonyl (C=O) groups is 1. The number of rotatable bonds is 4. The molecule has 3 aromatic rings. The summed E-state index contributed by atoms with van der Waals surface area (Å²) < 4.78 is 5.64. The van der Waals surface area contributed by atoms with Crippen LogP contribution < -0.4 is 10.1 Å². The number of fused-ring (bicyclic) bond motifs is 2. The summed E-state index contributed by atoms with van der Waals surface area (Å²) in [6.07, 6.45) is 2.51. The molecule has 1 amide bonds. The lowest BCUT2D eigenvalue weighted by Crippen LogP contribution is -2.33. The molecule has 1 aliphatic rings. The normalized spacial score (nSPS) is 16.1. The van der Waals surface area contributed by atoms with Crippen LogP contribution in [0.3, 0.4) is 0 Å². The fourth-order valence-corrected chi connectivity index (χ4v) is 3.77. The lowest BCUT2D eigenvalue weighted by molar-refractivity contribution is -0.119. The maximum absolute atomic E-state index is 12.4. The molecule has 2 heterocycles. The van der Waals surface area contributed by atoms with Crippen molar-refractivity contribution in [2.75, 3.05) is 12.4 Å². The molecule has 1 aromatic heterocycles. The van der Waals surface area contributed by atoms with Crippen LogP contribution in [0.4, 0.5) is 0 Å². The molecule has 0 saturated heterocycles. The number of ether oxygens (including phenoxy) is 1. The largest absolute Gasteiger partial charge is 0.493 e. The van der Waals surface area contributed by atoms with Crippen LogP contribution in [0.2, 0.25) is 0 Å². The van der Waals surface area contributed by atoms with E-state index < -0.39 is 0 Å². The molecule has 0 aliphatic carbocycles. The average molecular weight is 351 g/mol. The van der Waals surface area contributed by atoms with Crippen molar-refractivity contribution < 1.29 is 9.53 Å². The highest BCUT2D eigenvalue weighted by molar-refractivity contribution is 8.00. The van der Waals surface area contributed by atoms with E-state index in [1.54, 1.807) is 6.20 Å². The van der Waals surface area contributed by atoms with Crippen molar-refractivity contribution in [3.8, 4) is 5.75 Å². The number of nitrogens with zero attached hydrogens (tertiary/aromatic N) is 2. The number of benzene rings is 2. The van der Waals surface area contributed by atoms with Crippen LogP contribution >= 0.6 is 11.8 Å². The number of hydrogen-bond donors (Lipinski definition) is 1. The quantitative estimate of drug-likeness (QED) is 0.730. The fraction of sp³-hybridized carbons (Fsp3) is 0.211. The minimum Gasteiger partial charge on any atom is -0.493 e. The molecule has 2 aromatic carbocycles. The Labute approximate surface area is 149 Å². The number of hydrogen-bond acceptors (Lipinski definition) is 5. The number of carbonyl (C=O) groups excluding carboxylic acids is 1. The molecule has 1 unspecified atom stereocenters. The van der Waals surface area contributed by atoms with E-state index in [2.05, 4.69) is 15.5 Å². The zero-order chi connectivity index (χ0) is 17.1. The summed E-state index contributed by atoms with van der Waals surface area (Å²) in [5.74, 6) is 1.15. The van der Waals surface area contributed by atoms with Gasteiger partial charge in [0.25, 0.3) is 0 Å². The van der Waals surface area contributed by atoms with Crippen molar-refractivity contribution in [2.24, 2.45) is 0 Å². The van der Waals surface area contributed by atoms with Gasteiger partial charge in [0.05, 0.1) is 24.6 Å². The maximum atomic E-state index is 12.4. The minimum atomic E-state index is -0.0126.